The van der Waals surface area contributed by atoms with E-state index >= 15 is 0 Å². The van der Waals surface area contributed by atoms with Crippen molar-refractivity contribution in [1.29, 1.82) is 0 Å². The van der Waals surface area contributed by atoms with Gasteiger partial charge in [-0.25, -0.2) is 0 Å². The molecule has 0 radical (unpaired) electrons. The highest BCUT2D eigenvalue weighted by Gasteiger charge is 2.40. The van der Waals surface area contributed by atoms with Crippen molar-refractivity contribution >= 4 is 5.91 Å². The number of amides is 1. The molecule has 0 N–H and O–H groups in total. The Hall–Kier alpha value is -1.41. The lowest BCUT2D eigenvalue weighted by atomic mass is 10.0. The maximum Gasteiger partial charge on any atom is 0.222 e. The molecular formula is C15H22N4O. The van der Waals surface area contributed by atoms with E-state index in [2.05, 4.69) is 21.0 Å². The van der Waals surface area contributed by atoms with Crippen molar-refractivity contribution in [1.82, 2.24) is 9.80 Å². The van der Waals surface area contributed by atoms with Crippen molar-refractivity contribution in [3.8, 4) is 12.3 Å². The monoisotopic (exact) mass is 274 g/mol. The Balaban J connectivity index is 1.40. The molecule has 2 fully saturated rings. The van der Waals surface area contributed by atoms with Crippen molar-refractivity contribution < 1.29 is 4.79 Å². The predicted octanol–water partition coefficient (Wildman–Crippen LogP) is 1.65. The topological polar surface area (TPSA) is 48.3 Å². The van der Waals surface area contributed by atoms with Gasteiger partial charge in [0.05, 0.1) is 0 Å². The molecule has 20 heavy (non-hydrogen) atoms. The van der Waals surface area contributed by atoms with Gasteiger partial charge in [0.1, 0.15) is 0 Å². The van der Waals surface area contributed by atoms with Gasteiger partial charge in [-0.3, -0.25) is 9.69 Å². The number of carbonyl (C=O) groups is 1. The first-order valence-electron chi connectivity index (χ1n) is 7.62. The second kappa shape index (κ2) is 5.53. The summed E-state index contributed by atoms with van der Waals surface area (Å²) in [5.74, 6) is 2.87. The SMILES string of the molecule is C#CCCC1(CCC(=O)N2CCC(N3CCC3)C2)N=N1. The lowest BCUT2D eigenvalue weighted by molar-refractivity contribution is -0.130. The quantitative estimate of drug-likeness (QED) is 0.691. The summed E-state index contributed by atoms with van der Waals surface area (Å²) in [6, 6.07) is 0.596. The average Bonchev–Trinajstić information content (AvgIpc) is 3.01. The number of hydrogen-bond donors (Lipinski definition) is 0. The van der Waals surface area contributed by atoms with Gasteiger partial charge in [0.2, 0.25) is 5.91 Å². The zero-order valence-corrected chi connectivity index (χ0v) is 11.9. The van der Waals surface area contributed by atoms with E-state index in [-0.39, 0.29) is 11.6 Å². The van der Waals surface area contributed by atoms with Crippen LogP contribution in [0.15, 0.2) is 10.2 Å². The summed E-state index contributed by atoms with van der Waals surface area (Å²) in [6.07, 6.45) is 10.4. The van der Waals surface area contributed by atoms with E-state index < -0.39 is 0 Å². The molecule has 3 rings (SSSR count). The zero-order chi connectivity index (χ0) is 14.0. The molecule has 0 aromatic heterocycles. The van der Waals surface area contributed by atoms with Gasteiger partial charge in [0, 0.05) is 44.8 Å². The van der Waals surface area contributed by atoms with Crippen LogP contribution in [-0.4, -0.2) is 53.6 Å². The summed E-state index contributed by atoms with van der Waals surface area (Å²) in [5, 5.41) is 8.17. The van der Waals surface area contributed by atoms with Gasteiger partial charge in [-0.15, -0.1) is 12.3 Å². The van der Waals surface area contributed by atoms with Gasteiger partial charge < -0.3 is 4.90 Å². The number of carbonyl (C=O) groups excluding carboxylic acids is 1. The van der Waals surface area contributed by atoms with Gasteiger partial charge in [0.15, 0.2) is 5.66 Å². The van der Waals surface area contributed by atoms with Crippen LogP contribution in [0.25, 0.3) is 0 Å². The van der Waals surface area contributed by atoms with E-state index in [1.165, 1.54) is 19.5 Å². The van der Waals surface area contributed by atoms with Crippen LogP contribution in [0.2, 0.25) is 0 Å². The van der Waals surface area contributed by atoms with E-state index in [0.717, 1.165) is 32.4 Å². The third kappa shape index (κ3) is 2.85. The lowest BCUT2D eigenvalue weighted by Crippen LogP contribution is -2.46. The van der Waals surface area contributed by atoms with Crippen LogP contribution in [0, 0.1) is 12.3 Å². The van der Waals surface area contributed by atoms with Crippen LogP contribution in [-0.2, 0) is 4.79 Å². The second-order valence-corrected chi connectivity index (χ2v) is 6.06. The molecule has 0 aliphatic carbocycles. The van der Waals surface area contributed by atoms with E-state index in [4.69, 9.17) is 6.42 Å². The highest BCUT2D eigenvalue weighted by atomic mass is 16.2. The van der Waals surface area contributed by atoms with Crippen LogP contribution >= 0.6 is 0 Å². The lowest BCUT2D eigenvalue weighted by Gasteiger charge is -2.36. The molecule has 5 heteroatoms. The van der Waals surface area contributed by atoms with Crippen LogP contribution in [0.4, 0.5) is 0 Å². The van der Waals surface area contributed by atoms with E-state index in [0.29, 0.717) is 18.9 Å². The molecule has 0 aromatic rings. The molecule has 108 valence electrons. The molecule has 1 atom stereocenters. The molecule has 0 spiro atoms. The second-order valence-electron chi connectivity index (χ2n) is 6.06. The largest absolute Gasteiger partial charge is 0.341 e. The summed E-state index contributed by atoms with van der Waals surface area (Å²) in [6.45, 7) is 4.23. The summed E-state index contributed by atoms with van der Waals surface area (Å²) in [4.78, 5) is 16.8. The predicted molar refractivity (Wildman–Crippen MR) is 76.1 cm³/mol. The molecule has 3 aliphatic heterocycles. The highest BCUT2D eigenvalue weighted by molar-refractivity contribution is 5.76. The number of nitrogens with zero attached hydrogens (tertiary/aromatic N) is 4. The van der Waals surface area contributed by atoms with Crippen molar-refractivity contribution in [2.45, 2.75) is 50.2 Å². The normalized spacial score (nSPS) is 27.1. The van der Waals surface area contributed by atoms with Gasteiger partial charge in [-0.05, 0) is 25.9 Å². The third-order valence-electron chi connectivity index (χ3n) is 4.71. The standard InChI is InChI=1S/C15H22N4O/c1-2-3-7-15(16-17-15)8-5-14(20)19-11-6-13(12-19)18-9-4-10-18/h1,13H,3-12H2. The molecule has 0 saturated carbocycles. The minimum absolute atomic E-state index is 0.255. The molecule has 1 unspecified atom stereocenters. The van der Waals surface area contributed by atoms with Crippen molar-refractivity contribution in [3.63, 3.8) is 0 Å². The highest BCUT2D eigenvalue weighted by Crippen LogP contribution is 2.37. The Bertz CT molecular complexity index is 443. The summed E-state index contributed by atoms with van der Waals surface area (Å²) < 4.78 is 0. The van der Waals surface area contributed by atoms with Crippen molar-refractivity contribution in [2.24, 2.45) is 10.2 Å². The Morgan fingerprint density at radius 3 is 2.70 bits per heavy atom. The molecule has 1 amide bonds. The molecule has 2 saturated heterocycles. The van der Waals surface area contributed by atoms with Gasteiger partial charge in [-0.2, -0.15) is 10.2 Å². The average molecular weight is 274 g/mol. The first-order chi connectivity index (χ1) is 9.72. The molecule has 0 bridgehead atoms. The summed E-state index contributed by atoms with van der Waals surface area (Å²) >= 11 is 0. The first-order valence-corrected chi connectivity index (χ1v) is 7.62. The number of rotatable bonds is 6. The zero-order valence-electron chi connectivity index (χ0n) is 11.9. The number of hydrogen-bond acceptors (Lipinski definition) is 4. The molecule has 0 aromatic carbocycles. The molecule has 5 nitrogen and oxygen atoms in total. The third-order valence-corrected chi connectivity index (χ3v) is 4.71. The molecule has 3 aliphatic rings. The fraction of sp³-hybridized carbons (Fsp3) is 0.800. The fourth-order valence-electron chi connectivity index (χ4n) is 3.11. The van der Waals surface area contributed by atoms with E-state index in [1.807, 2.05) is 4.90 Å². The number of terminal acetylenes is 1. The van der Waals surface area contributed by atoms with Crippen LogP contribution < -0.4 is 0 Å². The van der Waals surface area contributed by atoms with Crippen molar-refractivity contribution in [3.05, 3.63) is 0 Å². The van der Waals surface area contributed by atoms with E-state index in [1.54, 1.807) is 0 Å². The summed E-state index contributed by atoms with van der Waals surface area (Å²) in [7, 11) is 0. The minimum Gasteiger partial charge on any atom is -0.341 e. The fourth-order valence-corrected chi connectivity index (χ4v) is 3.11. The molecule has 3 heterocycles. The van der Waals surface area contributed by atoms with Crippen LogP contribution in [0.1, 0.15) is 38.5 Å². The van der Waals surface area contributed by atoms with E-state index in [9.17, 15) is 4.79 Å². The Morgan fingerprint density at radius 1 is 1.30 bits per heavy atom. The van der Waals surface area contributed by atoms with Gasteiger partial charge >= 0.3 is 0 Å². The Labute approximate surface area is 120 Å². The van der Waals surface area contributed by atoms with Gasteiger partial charge in [-0.1, -0.05) is 0 Å². The Morgan fingerprint density at radius 2 is 2.10 bits per heavy atom. The minimum atomic E-state index is -0.321. The summed E-state index contributed by atoms with van der Waals surface area (Å²) in [5.41, 5.74) is -0.321. The van der Waals surface area contributed by atoms with Crippen LogP contribution in [0.3, 0.4) is 0 Å². The molecular weight excluding hydrogens is 252 g/mol. The maximum absolute atomic E-state index is 12.3. The first kappa shape index (κ1) is 13.6. The Kier molecular flexibility index (Phi) is 3.75. The smallest absolute Gasteiger partial charge is 0.222 e. The van der Waals surface area contributed by atoms with Crippen molar-refractivity contribution in [2.75, 3.05) is 26.2 Å². The van der Waals surface area contributed by atoms with Gasteiger partial charge in [0.25, 0.3) is 0 Å². The maximum atomic E-state index is 12.3. The van der Waals surface area contributed by atoms with Crippen LogP contribution in [0.5, 0.6) is 0 Å². The number of likely N-dealkylation sites (tertiary alicyclic amines) is 2.